The van der Waals surface area contributed by atoms with Crippen molar-refractivity contribution in [2.75, 3.05) is 6.61 Å². The molecule has 34 valence electrons. The summed E-state index contributed by atoms with van der Waals surface area (Å²) in [7, 11) is 0. The predicted molar refractivity (Wildman–Crippen MR) is 21.3 cm³/mol. The van der Waals surface area contributed by atoms with Crippen molar-refractivity contribution in [2.24, 2.45) is 0 Å². The number of aliphatic hydroxyl groups excluding tert-OH is 1. The third-order valence-electron chi connectivity index (χ3n) is 0.588. The van der Waals surface area contributed by atoms with E-state index >= 15 is 0 Å². The van der Waals surface area contributed by atoms with Gasteiger partial charge in [-0.15, -0.1) is 0 Å². The summed E-state index contributed by atoms with van der Waals surface area (Å²) in [6.07, 6.45) is 1.000. The molecule has 1 atom stereocenters. The van der Waals surface area contributed by atoms with Crippen LogP contribution in [0.2, 0.25) is 0 Å². The van der Waals surface area contributed by atoms with Crippen molar-refractivity contribution in [2.45, 2.75) is 6.40 Å². The first kappa shape index (κ1) is 2.50. The predicted octanol–water partition coefficient (Wildman–Crippen LogP) is 0.806. The maximum atomic E-state index is 8.42. The Morgan fingerprint density at radius 2 is 3.00 bits per heavy atom. The molecule has 2 nitrogen and oxygen atoms in total. The molecule has 1 rings (SSSR count). The monoisotopic (exact) mass is 87.0 g/mol. The molecule has 0 bridgehead atoms. The Morgan fingerprint density at radius 1 is 2.17 bits per heavy atom. The van der Waals surface area contributed by atoms with E-state index < -0.39 is 0 Å². The van der Waals surface area contributed by atoms with Gasteiger partial charge in [-0.05, 0) is 6.08 Å². The van der Waals surface area contributed by atoms with E-state index in [1.54, 1.807) is 0 Å². The van der Waals surface area contributed by atoms with E-state index in [2.05, 4.69) is 4.74 Å². The molecular formula is C4H6O2. The Labute approximate surface area is 37.5 Å². The van der Waals surface area contributed by atoms with E-state index in [1.807, 2.05) is 0 Å². The van der Waals surface area contributed by atoms with Crippen LogP contribution in [0.3, 0.4) is 0 Å². The summed E-state index contributed by atoms with van der Waals surface area (Å²) in [6, 6.07) is 0. The molecule has 1 aliphatic rings. The molecule has 0 spiro atoms. The molecular weight excluding hydrogens is 80.0 g/mol. The normalized spacial score (nSPS) is 34.3. The average molecular weight is 87.1 g/mol. The summed E-state index contributed by atoms with van der Waals surface area (Å²) >= 11 is 0. The highest BCUT2D eigenvalue weighted by Crippen LogP contribution is 2.02. The van der Waals surface area contributed by atoms with E-state index in [4.69, 9.17) is 6.48 Å². The summed E-state index contributed by atoms with van der Waals surface area (Å²) in [4.78, 5) is 0. The van der Waals surface area contributed by atoms with Crippen molar-refractivity contribution in [1.82, 2.24) is 0 Å². The van der Waals surface area contributed by atoms with Crippen LogP contribution in [0.25, 0.3) is 0 Å². The van der Waals surface area contributed by atoms with Gasteiger partial charge in [-0.2, -0.15) is 0 Å². The zero-order chi connectivity index (χ0) is 5.28. The number of hydrogen-bond acceptors (Lipinski definition) is 2. The van der Waals surface area contributed by atoms with Crippen molar-refractivity contribution in [3.63, 3.8) is 0 Å². The van der Waals surface area contributed by atoms with Gasteiger partial charge in [0.25, 0.3) is 5.95 Å². The minimum Gasteiger partial charge on any atom is -0.481 e. The highest BCUT2D eigenvalue weighted by Gasteiger charge is 1.98. The zero-order valence-corrected chi connectivity index (χ0v) is 3.22. The van der Waals surface area contributed by atoms with E-state index in [0.717, 1.165) is 0 Å². The Kier molecular flexibility index (Phi) is 0.502. The first-order valence-corrected chi connectivity index (χ1v) is 1.75. The third-order valence-corrected chi connectivity index (χ3v) is 0.588. The van der Waals surface area contributed by atoms with Gasteiger partial charge in [0.1, 0.15) is 0 Å². The molecule has 0 saturated heterocycles. The number of ether oxygens (including phenoxy) is 1. The van der Waals surface area contributed by atoms with Gasteiger partial charge in [0, 0.05) is 7.77 Å². The Balaban J connectivity index is 2.50. The molecule has 0 saturated carbocycles. The van der Waals surface area contributed by atoms with Gasteiger partial charge in [0.2, 0.25) is 0 Å². The SMILES string of the molecule is [2H]C1C=C(O)OC1. The summed E-state index contributed by atoms with van der Waals surface area (Å²) < 4.78 is 11.4. The first-order chi connectivity index (χ1) is 3.29. The van der Waals surface area contributed by atoms with Crippen molar-refractivity contribution in [3.8, 4) is 0 Å². The van der Waals surface area contributed by atoms with Crippen LogP contribution < -0.4 is 0 Å². The topological polar surface area (TPSA) is 29.5 Å². The minimum absolute atomic E-state index is 0.111. The quantitative estimate of drug-likeness (QED) is 0.473. The van der Waals surface area contributed by atoms with Crippen LogP contribution >= 0.6 is 0 Å². The standard InChI is InChI=1S/C4H6O2/c5-4-2-1-3-6-4/h2,5H,1,3H2/i1D. The van der Waals surface area contributed by atoms with Crippen LogP contribution in [0, 0.1) is 0 Å². The highest BCUT2D eigenvalue weighted by molar-refractivity contribution is 4.86. The van der Waals surface area contributed by atoms with Crippen LogP contribution in [-0.2, 0) is 4.74 Å². The smallest absolute Gasteiger partial charge is 0.272 e. The highest BCUT2D eigenvalue weighted by atomic mass is 16.6. The number of hydrogen-bond donors (Lipinski definition) is 1. The van der Waals surface area contributed by atoms with Crippen LogP contribution in [0.1, 0.15) is 7.77 Å². The Bertz CT molecular complexity index is 99.9. The maximum Gasteiger partial charge on any atom is 0.272 e. The van der Waals surface area contributed by atoms with Crippen LogP contribution in [0.5, 0.6) is 0 Å². The average Bonchev–Trinajstić information content (AvgIpc) is 1.87. The first-order valence-electron chi connectivity index (χ1n) is 2.32. The van der Waals surface area contributed by atoms with Gasteiger partial charge < -0.3 is 9.84 Å². The summed E-state index contributed by atoms with van der Waals surface area (Å²) in [6.45, 7) is 0.297. The van der Waals surface area contributed by atoms with Crippen molar-refractivity contribution >= 4 is 0 Å². The lowest BCUT2D eigenvalue weighted by Crippen LogP contribution is -1.79. The molecule has 0 radical (unpaired) electrons. The minimum atomic E-state index is -0.361. The van der Waals surface area contributed by atoms with Gasteiger partial charge in [0.05, 0.1) is 6.61 Å². The molecule has 1 N–H and O–H groups in total. The fourth-order valence-electron chi connectivity index (χ4n) is 0.331. The van der Waals surface area contributed by atoms with Crippen LogP contribution in [0.15, 0.2) is 12.0 Å². The van der Waals surface area contributed by atoms with Crippen molar-refractivity contribution in [1.29, 1.82) is 0 Å². The van der Waals surface area contributed by atoms with Crippen molar-refractivity contribution < 1.29 is 11.2 Å². The molecule has 0 amide bonds. The molecule has 1 unspecified atom stereocenters. The zero-order valence-electron chi connectivity index (χ0n) is 4.22. The lowest BCUT2D eigenvalue weighted by Gasteiger charge is -1.88. The summed E-state index contributed by atoms with van der Waals surface area (Å²) in [5.74, 6) is -0.111. The van der Waals surface area contributed by atoms with E-state index in [1.165, 1.54) is 6.08 Å². The lowest BCUT2D eigenvalue weighted by molar-refractivity contribution is 0.119. The van der Waals surface area contributed by atoms with Gasteiger partial charge in [-0.1, -0.05) is 0 Å². The van der Waals surface area contributed by atoms with Gasteiger partial charge in [0.15, 0.2) is 0 Å². The van der Waals surface area contributed by atoms with Gasteiger partial charge in [-0.3, -0.25) is 0 Å². The second-order valence-electron chi connectivity index (χ2n) is 1.05. The summed E-state index contributed by atoms with van der Waals surface area (Å²) in [5, 5.41) is 8.42. The number of rotatable bonds is 0. The molecule has 0 fully saturated rings. The molecule has 1 aliphatic heterocycles. The second kappa shape index (κ2) is 1.20. The molecule has 0 aromatic carbocycles. The molecule has 0 aromatic heterocycles. The van der Waals surface area contributed by atoms with E-state index in [9.17, 15) is 0 Å². The fraction of sp³-hybridized carbons (Fsp3) is 0.500. The van der Waals surface area contributed by atoms with Crippen LogP contribution in [-0.4, -0.2) is 11.7 Å². The molecule has 0 aliphatic carbocycles. The Hall–Kier alpha value is -0.660. The maximum absolute atomic E-state index is 8.42. The molecule has 1 heterocycles. The van der Waals surface area contributed by atoms with Crippen LogP contribution in [0.4, 0.5) is 0 Å². The van der Waals surface area contributed by atoms with Gasteiger partial charge >= 0.3 is 0 Å². The largest absolute Gasteiger partial charge is 0.481 e. The molecule has 0 aromatic rings. The van der Waals surface area contributed by atoms with Gasteiger partial charge in [-0.25, -0.2) is 0 Å². The third kappa shape index (κ3) is 0.455. The van der Waals surface area contributed by atoms with E-state index in [-0.39, 0.29) is 12.3 Å². The Morgan fingerprint density at radius 3 is 3.17 bits per heavy atom. The number of aliphatic hydroxyl groups is 1. The second-order valence-corrected chi connectivity index (χ2v) is 1.05. The molecule has 6 heavy (non-hydrogen) atoms. The van der Waals surface area contributed by atoms with E-state index in [0.29, 0.717) is 6.61 Å². The van der Waals surface area contributed by atoms with Crippen molar-refractivity contribution in [3.05, 3.63) is 12.0 Å². The summed E-state index contributed by atoms with van der Waals surface area (Å²) in [5.41, 5.74) is 0. The fourth-order valence-corrected chi connectivity index (χ4v) is 0.331. The lowest BCUT2D eigenvalue weighted by atomic mass is 10.5. The molecule has 2 heteroatoms.